The van der Waals surface area contributed by atoms with E-state index in [0.717, 1.165) is 27.3 Å². The molecule has 1 unspecified atom stereocenters. The summed E-state index contributed by atoms with van der Waals surface area (Å²) in [5.41, 5.74) is 2.78. The van der Waals surface area contributed by atoms with Gasteiger partial charge in [0.25, 0.3) is 0 Å². The molecule has 1 aromatic heterocycles. The lowest BCUT2D eigenvalue weighted by molar-refractivity contribution is -0.0119. The first-order chi connectivity index (χ1) is 21.4. The van der Waals surface area contributed by atoms with Crippen molar-refractivity contribution in [3.05, 3.63) is 89.4 Å². The monoisotopic (exact) mass is 660 g/mol. The van der Waals surface area contributed by atoms with Gasteiger partial charge in [-0.1, -0.05) is 44.2 Å². The van der Waals surface area contributed by atoms with Gasteiger partial charge in [0.1, 0.15) is 17.9 Å². The Bertz CT molecular complexity index is 1740. The van der Waals surface area contributed by atoms with E-state index in [0.29, 0.717) is 11.6 Å². The standard InChI is InChI=1S/C31H34F2N4O6S2/c1-19(2)15-36(45(41,42)22-9-11-29-25(14-22)34-18-44-29)16-27(38)24(12-20-6-4-3-5-7-20)35-30(39)28-17-37(31(40)43-28)26-10-8-21(32)13-23(26)33/h3-11,13-14,18-19,24,27-28,30,35,38-39H,12,15-17H2,1-2H3/t24-,27+,28-,30?/m0/s1. The molecule has 1 saturated heterocycles. The van der Waals surface area contributed by atoms with Gasteiger partial charge in [-0.25, -0.2) is 27.0 Å². The highest BCUT2D eigenvalue weighted by molar-refractivity contribution is 7.89. The van der Waals surface area contributed by atoms with Gasteiger partial charge in [-0.2, -0.15) is 4.31 Å². The second kappa shape index (κ2) is 13.8. The molecule has 0 aliphatic carbocycles. The third-order valence-corrected chi connectivity index (χ3v) is 10.1. The Morgan fingerprint density at radius 3 is 2.56 bits per heavy atom. The number of aromatic nitrogens is 1. The molecule has 14 heteroatoms. The number of anilines is 1. The highest BCUT2D eigenvalue weighted by Gasteiger charge is 2.40. The zero-order chi connectivity index (χ0) is 32.3. The lowest BCUT2D eigenvalue weighted by Gasteiger charge is -2.32. The molecule has 1 fully saturated rings. The maximum Gasteiger partial charge on any atom is 0.414 e. The van der Waals surface area contributed by atoms with Crippen LogP contribution in [0.15, 0.2) is 77.1 Å². The largest absolute Gasteiger partial charge is 0.440 e. The van der Waals surface area contributed by atoms with E-state index in [9.17, 15) is 32.2 Å². The third-order valence-electron chi connectivity index (χ3n) is 7.43. The van der Waals surface area contributed by atoms with Crippen LogP contribution in [0.4, 0.5) is 19.3 Å². The van der Waals surface area contributed by atoms with Crippen molar-refractivity contribution in [2.24, 2.45) is 5.92 Å². The van der Waals surface area contributed by atoms with Crippen LogP contribution in [0.5, 0.6) is 0 Å². The van der Waals surface area contributed by atoms with Gasteiger partial charge in [0.15, 0.2) is 6.10 Å². The summed E-state index contributed by atoms with van der Waals surface area (Å²) in [5, 5.41) is 25.6. The highest BCUT2D eigenvalue weighted by Crippen LogP contribution is 2.27. The topological polar surface area (TPSA) is 132 Å². The predicted octanol–water partition coefficient (Wildman–Crippen LogP) is 4.13. The molecule has 1 amide bonds. The number of hydrogen-bond acceptors (Lipinski definition) is 9. The normalized spacial score (nSPS) is 17.6. The third kappa shape index (κ3) is 7.65. The first-order valence-electron chi connectivity index (χ1n) is 14.3. The number of ether oxygens (including phenoxy) is 1. The van der Waals surface area contributed by atoms with Crippen molar-refractivity contribution in [3.63, 3.8) is 0 Å². The van der Waals surface area contributed by atoms with Crippen LogP contribution < -0.4 is 10.2 Å². The summed E-state index contributed by atoms with van der Waals surface area (Å²) in [7, 11) is -4.05. The minimum atomic E-state index is -4.05. The van der Waals surface area contributed by atoms with E-state index in [1.165, 1.54) is 27.8 Å². The number of aliphatic hydroxyl groups is 2. The van der Waals surface area contributed by atoms with E-state index < -0.39 is 52.2 Å². The van der Waals surface area contributed by atoms with Crippen molar-refractivity contribution >= 4 is 43.4 Å². The number of carbonyl (C=O) groups is 1. The summed E-state index contributed by atoms with van der Waals surface area (Å²) in [6.07, 6.45) is -4.76. The maximum atomic E-state index is 14.4. The summed E-state index contributed by atoms with van der Waals surface area (Å²) < 4.78 is 62.9. The molecule has 5 rings (SSSR count). The van der Waals surface area contributed by atoms with E-state index in [1.807, 2.05) is 44.2 Å². The van der Waals surface area contributed by atoms with Crippen molar-refractivity contribution < 1.29 is 36.9 Å². The van der Waals surface area contributed by atoms with Crippen LogP contribution in [-0.4, -0.2) is 78.1 Å². The van der Waals surface area contributed by atoms with Gasteiger partial charge < -0.3 is 14.9 Å². The number of aliphatic hydroxyl groups excluding tert-OH is 2. The number of nitrogens with one attached hydrogen (secondary N) is 1. The second-order valence-corrected chi connectivity index (χ2v) is 14.1. The zero-order valence-electron chi connectivity index (χ0n) is 24.6. The van der Waals surface area contributed by atoms with E-state index >= 15 is 0 Å². The Morgan fingerprint density at radius 2 is 1.84 bits per heavy atom. The predicted molar refractivity (Wildman–Crippen MR) is 166 cm³/mol. The molecule has 45 heavy (non-hydrogen) atoms. The summed E-state index contributed by atoms with van der Waals surface area (Å²) in [6, 6.07) is 15.7. The van der Waals surface area contributed by atoms with Crippen LogP contribution in [0.2, 0.25) is 0 Å². The van der Waals surface area contributed by atoms with Crippen LogP contribution in [0.1, 0.15) is 19.4 Å². The SMILES string of the molecule is CC(C)CN(C[C@@H](O)[C@H](Cc1ccccc1)NC(O)[C@@H]1CN(c2ccc(F)cc2F)C(=O)O1)S(=O)(=O)c1ccc2scnc2c1. The van der Waals surface area contributed by atoms with Gasteiger partial charge in [-0.3, -0.25) is 10.2 Å². The Kier molecular flexibility index (Phi) is 10.1. The molecule has 4 aromatic rings. The van der Waals surface area contributed by atoms with Gasteiger partial charge >= 0.3 is 6.09 Å². The molecular weight excluding hydrogens is 626 g/mol. The van der Waals surface area contributed by atoms with Crippen molar-refractivity contribution in [1.82, 2.24) is 14.6 Å². The quantitative estimate of drug-likeness (QED) is 0.183. The number of thiazole rings is 1. The number of carbonyl (C=O) groups excluding carboxylic acids is 1. The van der Waals surface area contributed by atoms with Crippen molar-refractivity contribution in [2.75, 3.05) is 24.5 Å². The van der Waals surface area contributed by atoms with Gasteiger partial charge in [0.2, 0.25) is 10.0 Å². The van der Waals surface area contributed by atoms with Gasteiger partial charge in [0, 0.05) is 25.2 Å². The molecule has 0 radical (unpaired) electrons. The fraction of sp³-hybridized carbons (Fsp3) is 0.355. The van der Waals surface area contributed by atoms with Crippen LogP contribution in [-0.2, 0) is 21.2 Å². The number of fused-ring (bicyclic) bond motifs is 1. The summed E-state index contributed by atoms with van der Waals surface area (Å²) in [6.45, 7) is 3.30. The van der Waals surface area contributed by atoms with E-state index in [1.54, 1.807) is 11.6 Å². The fourth-order valence-corrected chi connectivity index (χ4v) is 7.51. The molecule has 4 atom stereocenters. The van der Waals surface area contributed by atoms with E-state index in [-0.39, 0.29) is 42.6 Å². The molecule has 2 heterocycles. The number of rotatable bonds is 13. The molecule has 0 spiro atoms. The summed E-state index contributed by atoms with van der Waals surface area (Å²) >= 11 is 1.40. The summed E-state index contributed by atoms with van der Waals surface area (Å²) in [4.78, 5) is 17.8. The summed E-state index contributed by atoms with van der Waals surface area (Å²) in [5.74, 6) is -1.85. The van der Waals surface area contributed by atoms with E-state index in [2.05, 4.69) is 10.3 Å². The molecule has 0 saturated carbocycles. The molecule has 1 aliphatic rings. The van der Waals surface area contributed by atoms with Crippen molar-refractivity contribution in [2.45, 2.75) is 49.6 Å². The zero-order valence-corrected chi connectivity index (χ0v) is 26.2. The van der Waals surface area contributed by atoms with Gasteiger partial charge in [0.05, 0.1) is 39.0 Å². The van der Waals surface area contributed by atoms with Crippen molar-refractivity contribution in [3.8, 4) is 0 Å². The fourth-order valence-electron chi connectivity index (χ4n) is 5.21. The minimum absolute atomic E-state index is 0.0485. The second-order valence-electron chi connectivity index (χ2n) is 11.3. The average molecular weight is 661 g/mol. The number of hydrogen-bond donors (Lipinski definition) is 3. The van der Waals surface area contributed by atoms with Crippen molar-refractivity contribution in [1.29, 1.82) is 0 Å². The first kappa shape index (κ1) is 32.9. The maximum absolute atomic E-state index is 14.4. The molecule has 0 bridgehead atoms. The molecular formula is C31H34F2N4O6S2. The first-order valence-corrected chi connectivity index (χ1v) is 16.7. The van der Waals surface area contributed by atoms with Gasteiger partial charge in [-0.15, -0.1) is 11.3 Å². The Labute approximate surface area is 263 Å². The molecule has 3 N–H and O–H groups in total. The minimum Gasteiger partial charge on any atom is -0.440 e. The Balaban J connectivity index is 1.36. The number of amides is 1. The number of halogens is 2. The van der Waals surface area contributed by atoms with Crippen LogP contribution in [0.3, 0.4) is 0 Å². The number of nitrogens with zero attached hydrogens (tertiary/aromatic N) is 3. The molecule has 1 aliphatic heterocycles. The van der Waals surface area contributed by atoms with E-state index in [4.69, 9.17) is 4.74 Å². The smallest absolute Gasteiger partial charge is 0.414 e. The van der Waals surface area contributed by atoms with Crippen LogP contribution >= 0.6 is 11.3 Å². The number of benzene rings is 3. The lowest BCUT2D eigenvalue weighted by Crippen LogP contribution is -2.55. The molecule has 3 aromatic carbocycles. The average Bonchev–Trinajstić information content (AvgIpc) is 3.63. The molecule has 240 valence electrons. The van der Waals surface area contributed by atoms with Gasteiger partial charge in [-0.05, 0) is 48.2 Å². The Morgan fingerprint density at radius 1 is 1.09 bits per heavy atom. The number of cyclic esters (lactones) is 1. The lowest BCUT2D eigenvalue weighted by atomic mass is 10.00. The molecule has 10 nitrogen and oxygen atoms in total. The highest BCUT2D eigenvalue weighted by atomic mass is 32.2. The number of sulfonamides is 1. The van der Waals surface area contributed by atoms with Crippen LogP contribution in [0.25, 0.3) is 10.2 Å². The Hall–Kier alpha value is -3.53. The van der Waals surface area contributed by atoms with Crippen LogP contribution in [0, 0.1) is 17.6 Å².